The Bertz CT molecular complexity index is 1160. The molecule has 1 aromatic heterocycles. The molecular formula is C27H29ClFN3OS. The van der Waals surface area contributed by atoms with Crippen LogP contribution in [0.1, 0.15) is 30.9 Å². The number of para-hydroxylation sites is 1. The summed E-state index contributed by atoms with van der Waals surface area (Å²) in [6.45, 7) is 7.21. The molecule has 0 fully saturated rings. The molecule has 0 spiro atoms. The van der Waals surface area contributed by atoms with Crippen molar-refractivity contribution in [2.24, 2.45) is 0 Å². The van der Waals surface area contributed by atoms with Crippen molar-refractivity contribution in [1.29, 1.82) is 0 Å². The predicted octanol–water partition coefficient (Wildman–Crippen LogP) is 6.36. The summed E-state index contributed by atoms with van der Waals surface area (Å²) in [6.07, 6.45) is 0. The van der Waals surface area contributed by atoms with E-state index >= 15 is 0 Å². The molecule has 3 aromatic carbocycles. The molecule has 0 radical (unpaired) electrons. The molecule has 34 heavy (non-hydrogen) atoms. The highest BCUT2D eigenvalue weighted by Crippen LogP contribution is 2.34. The van der Waals surface area contributed by atoms with Gasteiger partial charge in [-0.1, -0.05) is 91.9 Å². The van der Waals surface area contributed by atoms with E-state index in [1.165, 1.54) is 17.4 Å². The highest BCUT2D eigenvalue weighted by Gasteiger charge is 2.30. The lowest BCUT2D eigenvalue weighted by atomic mass is 9.90. The zero-order chi connectivity index (χ0) is 23.2. The first kappa shape index (κ1) is 25.8. The molecule has 7 heteroatoms. The number of anilines is 1. The summed E-state index contributed by atoms with van der Waals surface area (Å²) in [7, 11) is 0. The van der Waals surface area contributed by atoms with Crippen LogP contribution in [0, 0.1) is 5.82 Å². The number of hydrogen-bond acceptors (Lipinski definition) is 4. The van der Waals surface area contributed by atoms with Crippen molar-refractivity contribution >= 4 is 45.0 Å². The van der Waals surface area contributed by atoms with Crippen LogP contribution in [-0.4, -0.2) is 42.0 Å². The smallest absolute Gasteiger partial charge is 0.240 e. The first-order valence-corrected chi connectivity index (χ1v) is 12.1. The molecule has 4 nitrogen and oxygen atoms in total. The molecule has 0 N–H and O–H groups in total. The number of thiazole rings is 1. The maximum atomic E-state index is 14.4. The maximum absolute atomic E-state index is 14.4. The van der Waals surface area contributed by atoms with Gasteiger partial charge in [-0.2, -0.15) is 0 Å². The number of likely N-dealkylation sites (N-methyl/N-ethyl adjacent to an activating group) is 1. The lowest BCUT2D eigenvalue weighted by molar-refractivity contribution is -0.119. The first-order valence-electron chi connectivity index (χ1n) is 11.3. The molecule has 1 heterocycles. The van der Waals surface area contributed by atoms with Gasteiger partial charge < -0.3 is 4.90 Å². The summed E-state index contributed by atoms with van der Waals surface area (Å²) in [5.74, 6) is -0.895. The molecule has 178 valence electrons. The zero-order valence-corrected chi connectivity index (χ0v) is 21.0. The molecule has 0 aliphatic heterocycles. The molecule has 4 rings (SSSR count). The first-order chi connectivity index (χ1) is 16.1. The van der Waals surface area contributed by atoms with Gasteiger partial charge in [0, 0.05) is 13.1 Å². The third-order valence-electron chi connectivity index (χ3n) is 5.90. The quantitative estimate of drug-likeness (QED) is 0.270. The molecular weight excluding hydrogens is 469 g/mol. The van der Waals surface area contributed by atoms with E-state index in [4.69, 9.17) is 0 Å². The van der Waals surface area contributed by atoms with Crippen LogP contribution in [-0.2, 0) is 4.79 Å². The van der Waals surface area contributed by atoms with Gasteiger partial charge in [0.1, 0.15) is 11.3 Å². The Balaban J connectivity index is 0.00000324. The molecule has 0 bridgehead atoms. The Labute approximate surface area is 210 Å². The van der Waals surface area contributed by atoms with Crippen LogP contribution in [0.25, 0.3) is 10.2 Å². The number of rotatable bonds is 9. The van der Waals surface area contributed by atoms with E-state index in [1.54, 1.807) is 11.0 Å². The zero-order valence-electron chi connectivity index (χ0n) is 19.4. The number of halogens is 2. The molecule has 0 unspecified atom stereocenters. The van der Waals surface area contributed by atoms with E-state index in [0.717, 1.165) is 28.9 Å². The number of nitrogens with zero attached hydrogens (tertiary/aromatic N) is 3. The standard InChI is InChI=1S/C27H28FN3OS.ClH/c1-3-30(4-2)18-19-31(27-29-25-22(28)16-11-17-23(25)33-27)26(32)24(20-12-7-5-8-13-20)21-14-9-6-10-15-21;/h5-17,24H,3-4,18-19H2,1-2H3;1H. The van der Waals surface area contributed by atoms with Crippen LogP contribution < -0.4 is 4.90 Å². The second-order valence-corrected chi connectivity index (χ2v) is 8.86. The van der Waals surface area contributed by atoms with Gasteiger partial charge in [0.15, 0.2) is 5.13 Å². The normalized spacial score (nSPS) is 11.1. The summed E-state index contributed by atoms with van der Waals surface area (Å²) in [4.78, 5) is 22.8. The Morgan fingerprint density at radius 3 is 2.00 bits per heavy atom. The van der Waals surface area contributed by atoms with Gasteiger partial charge in [0.05, 0.1) is 10.6 Å². The van der Waals surface area contributed by atoms with Gasteiger partial charge in [-0.25, -0.2) is 9.37 Å². The highest BCUT2D eigenvalue weighted by atomic mass is 35.5. The Morgan fingerprint density at radius 1 is 0.882 bits per heavy atom. The maximum Gasteiger partial charge on any atom is 0.240 e. The minimum Gasteiger partial charge on any atom is -0.302 e. The Morgan fingerprint density at radius 2 is 1.47 bits per heavy atom. The molecule has 1 amide bonds. The van der Waals surface area contributed by atoms with Crippen molar-refractivity contribution in [1.82, 2.24) is 9.88 Å². The SMILES string of the molecule is CCN(CC)CCN(C(=O)C(c1ccccc1)c1ccccc1)c1nc2c(F)cccc2s1.Cl. The van der Waals surface area contributed by atoms with E-state index in [0.29, 0.717) is 23.7 Å². The highest BCUT2D eigenvalue weighted by molar-refractivity contribution is 7.22. The molecule has 0 saturated carbocycles. The van der Waals surface area contributed by atoms with Crippen LogP contribution in [0.2, 0.25) is 0 Å². The third-order valence-corrected chi connectivity index (χ3v) is 6.95. The van der Waals surface area contributed by atoms with E-state index in [-0.39, 0.29) is 24.1 Å². The average molecular weight is 498 g/mol. The van der Waals surface area contributed by atoms with Gasteiger partial charge in [0.25, 0.3) is 0 Å². The Kier molecular flexibility index (Phi) is 9.16. The van der Waals surface area contributed by atoms with E-state index < -0.39 is 5.92 Å². The van der Waals surface area contributed by atoms with Crippen LogP contribution in [0.5, 0.6) is 0 Å². The molecule has 0 aliphatic carbocycles. The number of benzene rings is 3. The van der Waals surface area contributed by atoms with Crippen molar-refractivity contribution in [3.8, 4) is 0 Å². The summed E-state index contributed by atoms with van der Waals surface area (Å²) >= 11 is 1.36. The minimum atomic E-state index is -0.471. The number of amides is 1. The van der Waals surface area contributed by atoms with Crippen molar-refractivity contribution in [3.05, 3.63) is 95.8 Å². The lowest BCUT2D eigenvalue weighted by Gasteiger charge is -2.28. The number of fused-ring (bicyclic) bond motifs is 1. The number of aromatic nitrogens is 1. The van der Waals surface area contributed by atoms with Crippen LogP contribution in [0.15, 0.2) is 78.9 Å². The Hall–Kier alpha value is -2.80. The van der Waals surface area contributed by atoms with Gasteiger partial charge in [-0.3, -0.25) is 9.69 Å². The van der Waals surface area contributed by atoms with E-state index in [1.807, 2.05) is 66.7 Å². The summed E-state index contributed by atoms with van der Waals surface area (Å²) in [5, 5.41) is 0.532. The lowest BCUT2D eigenvalue weighted by Crippen LogP contribution is -2.41. The second-order valence-electron chi connectivity index (χ2n) is 7.85. The van der Waals surface area contributed by atoms with Gasteiger partial charge >= 0.3 is 0 Å². The minimum absolute atomic E-state index is 0. The third kappa shape index (κ3) is 5.63. The van der Waals surface area contributed by atoms with Crippen LogP contribution in [0.4, 0.5) is 9.52 Å². The summed E-state index contributed by atoms with van der Waals surface area (Å²) in [5.41, 5.74) is 2.16. The molecule has 4 aromatic rings. The fraction of sp³-hybridized carbons (Fsp3) is 0.259. The van der Waals surface area contributed by atoms with Crippen molar-refractivity contribution in [3.63, 3.8) is 0 Å². The van der Waals surface area contributed by atoms with Crippen molar-refractivity contribution in [2.75, 3.05) is 31.1 Å². The monoisotopic (exact) mass is 497 g/mol. The summed E-state index contributed by atoms with van der Waals surface area (Å²) < 4.78 is 15.1. The number of hydrogen-bond donors (Lipinski definition) is 0. The molecule has 0 atom stereocenters. The average Bonchev–Trinajstić information content (AvgIpc) is 3.29. The fourth-order valence-electron chi connectivity index (χ4n) is 4.02. The van der Waals surface area contributed by atoms with Crippen LogP contribution >= 0.6 is 23.7 Å². The van der Waals surface area contributed by atoms with Gasteiger partial charge in [-0.05, 0) is 36.3 Å². The van der Waals surface area contributed by atoms with Gasteiger partial charge in [0.2, 0.25) is 5.91 Å². The largest absolute Gasteiger partial charge is 0.302 e. The topological polar surface area (TPSA) is 36.4 Å². The van der Waals surface area contributed by atoms with Gasteiger partial charge in [-0.15, -0.1) is 12.4 Å². The second kappa shape index (κ2) is 12.1. The van der Waals surface area contributed by atoms with Crippen molar-refractivity contribution < 1.29 is 9.18 Å². The molecule has 0 saturated heterocycles. The van der Waals surface area contributed by atoms with Crippen molar-refractivity contribution in [2.45, 2.75) is 19.8 Å². The predicted molar refractivity (Wildman–Crippen MR) is 142 cm³/mol. The number of carbonyl (C=O) groups excluding carboxylic acids is 1. The van der Waals surface area contributed by atoms with E-state index in [2.05, 4.69) is 23.7 Å². The molecule has 0 aliphatic rings. The number of carbonyl (C=O) groups is 1. The van der Waals surface area contributed by atoms with E-state index in [9.17, 15) is 9.18 Å². The van der Waals surface area contributed by atoms with Crippen LogP contribution in [0.3, 0.4) is 0 Å². The summed E-state index contributed by atoms with van der Waals surface area (Å²) in [6, 6.07) is 24.6. The fourth-order valence-corrected chi connectivity index (χ4v) is 5.04.